The molecule has 15 heavy (non-hydrogen) atoms. The summed E-state index contributed by atoms with van der Waals surface area (Å²) >= 11 is 0. The van der Waals surface area contributed by atoms with Gasteiger partial charge in [0.05, 0.1) is 12.5 Å². The summed E-state index contributed by atoms with van der Waals surface area (Å²) in [6.45, 7) is 2.25. The van der Waals surface area contributed by atoms with Gasteiger partial charge < -0.3 is 10.5 Å². The molecule has 1 fully saturated rings. The number of nitrogens with two attached hydrogens (primary N) is 1. The fourth-order valence-electron chi connectivity index (χ4n) is 1.70. The van der Waals surface area contributed by atoms with Crippen LogP contribution >= 0.6 is 0 Å². The summed E-state index contributed by atoms with van der Waals surface area (Å²) in [5.41, 5.74) is 7.23. The molecule has 0 amide bonds. The highest BCUT2D eigenvalue weighted by molar-refractivity contribution is 5.77. The van der Waals surface area contributed by atoms with Crippen molar-refractivity contribution in [3.63, 3.8) is 0 Å². The van der Waals surface area contributed by atoms with Crippen LogP contribution in [0.1, 0.15) is 25.0 Å². The van der Waals surface area contributed by atoms with Crippen molar-refractivity contribution in [2.24, 2.45) is 5.92 Å². The molecular weight excluding hydrogens is 192 g/mol. The summed E-state index contributed by atoms with van der Waals surface area (Å²) in [4.78, 5) is 15.6. The fourth-order valence-corrected chi connectivity index (χ4v) is 1.70. The van der Waals surface area contributed by atoms with E-state index in [4.69, 9.17) is 10.5 Å². The van der Waals surface area contributed by atoms with Crippen LogP contribution < -0.4 is 5.73 Å². The van der Waals surface area contributed by atoms with Gasteiger partial charge in [0.25, 0.3) is 0 Å². The molecule has 1 aliphatic rings. The van der Waals surface area contributed by atoms with Crippen LogP contribution in [-0.4, -0.2) is 17.6 Å². The Labute approximate surface area is 88.4 Å². The lowest BCUT2D eigenvalue weighted by atomic mass is 10.2. The molecule has 2 rings (SSSR count). The third kappa shape index (κ3) is 2.09. The quantitative estimate of drug-likeness (QED) is 0.758. The van der Waals surface area contributed by atoms with Gasteiger partial charge in [-0.3, -0.25) is 9.78 Å². The van der Waals surface area contributed by atoms with Gasteiger partial charge in [0.1, 0.15) is 0 Å². The average Bonchev–Trinajstić information content (AvgIpc) is 2.97. The zero-order valence-corrected chi connectivity index (χ0v) is 8.64. The van der Waals surface area contributed by atoms with E-state index in [2.05, 4.69) is 4.98 Å². The number of rotatable bonds is 3. The summed E-state index contributed by atoms with van der Waals surface area (Å²) in [6, 6.07) is 3.56. The largest absolute Gasteiger partial charge is 0.466 e. The monoisotopic (exact) mass is 206 g/mol. The number of esters is 1. The first-order valence-corrected chi connectivity index (χ1v) is 5.10. The molecule has 0 unspecified atom stereocenters. The van der Waals surface area contributed by atoms with E-state index in [0.29, 0.717) is 12.3 Å². The molecule has 2 atom stereocenters. The van der Waals surface area contributed by atoms with E-state index in [0.717, 1.165) is 12.1 Å². The zero-order valence-electron chi connectivity index (χ0n) is 8.64. The molecule has 0 radical (unpaired) electrons. The van der Waals surface area contributed by atoms with Crippen molar-refractivity contribution in [2.75, 3.05) is 12.3 Å². The van der Waals surface area contributed by atoms with Crippen molar-refractivity contribution in [3.8, 4) is 0 Å². The maximum absolute atomic E-state index is 11.4. The highest BCUT2D eigenvalue weighted by Gasteiger charge is 2.46. The van der Waals surface area contributed by atoms with Gasteiger partial charge in [-0.05, 0) is 25.5 Å². The third-order valence-electron chi connectivity index (χ3n) is 2.56. The number of nitrogens with zero attached hydrogens (tertiary/aromatic N) is 1. The number of ether oxygens (including phenoxy) is 1. The smallest absolute Gasteiger partial charge is 0.309 e. The Kier molecular flexibility index (Phi) is 2.58. The Morgan fingerprint density at radius 3 is 3.20 bits per heavy atom. The van der Waals surface area contributed by atoms with Gasteiger partial charge in [-0.1, -0.05) is 0 Å². The van der Waals surface area contributed by atoms with Crippen LogP contribution in [0.4, 0.5) is 5.69 Å². The molecule has 0 bridgehead atoms. The SMILES string of the molecule is CCOC(=O)[C@H]1C[C@@H]1c1cc(N)ccn1. The van der Waals surface area contributed by atoms with Gasteiger partial charge in [0.2, 0.25) is 0 Å². The number of aromatic nitrogens is 1. The van der Waals surface area contributed by atoms with E-state index < -0.39 is 0 Å². The van der Waals surface area contributed by atoms with Crippen LogP contribution in [0.15, 0.2) is 18.3 Å². The van der Waals surface area contributed by atoms with Gasteiger partial charge in [0, 0.05) is 23.5 Å². The molecule has 0 aromatic carbocycles. The number of carbonyl (C=O) groups is 1. The Morgan fingerprint density at radius 2 is 2.53 bits per heavy atom. The number of hydrogen-bond acceptors (Lipinski definition) is 4. The maximum Gasteiger partial charge on any atom is 0.309 e. The predicted octanol–water partition coefficient (Wildman–Crippen LogP) is 1.33. The topological polar surface area (TPSA) is 65.2 Å². The van der Waals surface area contributed by atoms with E-state index in [9.17, 15) is 4.79 Å². The summed E-state index contributed by atoms with van der Waals surface area (Å²) in [6.07, 6.45) is 2.50. The summed E-state index contributed by atoms with van der Waals surface area (Å²) in [7, 11) is 0. The van der Waals surface area contributed by atoms with Crippen molar-refractivity contribution < 1.29 is 9.53 Å². The molecule has 4 nitrogen and oxygen atoms in total. The molecule has 4 heteroatoms. The van der Waals surface area contributed by atoms with Crippen molar-refractivity contribution >= 4 is 11.7 Å². The zero-order chi connectivity index (χ0) is 10.8. The molecule has 80 valence electrons. The second-order valence-electron chi connectivity index (χ2n) is 3.71. The summed E-state index contributed by atoms with van der Waals surface area (Å²) in [5, 5.41) is 0. The summed E-state index contributed by atoms with van der Waals surface area (Å²) < 4.78 is 4.95. The number of hydrogen-bond donors (Lipinski definition) is 1. The fraction of sp³-hybridized carbons (Fsp3) is 0.455. The Hall–Kier alpha value is -1.58. The molecule has 1 aromatic heterocycles. The number of anilines is 1. The van der Waals surface area contributed by atoms with Crippen molar-refractivity contribution in [1.82, 2.24) is 4.98 Å². The molecule has 0 saturated heterocycles. The van der Waals surface area contributed by atoms with Gasteiger partial charge in [-0.15, -0.1) is 0 Å². The van der Waals surface area contributed by atoms with Crippen molar-refractivity contribution in [3.05, 3.63) is 24.0 Å². The van der Waals surface area contributed by atoms with Crippen LogP contribution in [0.2, 0.25) is 0 Å². The lowest BCUT2D eigenvalue weighted by Gasteiger charge is -2.01. The first-order valence-electron chi connectivity index (χ1n) is 5.10. The van der Waals surface area contributed by atoms with E-state index in [1.807, 2.05) is 13.0 Å². The minimum Gasteiger partial charge on any atom is -0.466 e. The highest BCUT2D eigenvalue weighted by atomic mass is 16.5. The lowest BCUT2D eigenvalue weighted by molar-refractivity contribution is -0.144. The predicted molar refractivity (Wildman–Crippen MR) is 56.1 cm³/mol. The maximum atomic E-state index is 11.4. The molecule has 1 aromatic rings. The first kappa shape index (κ1) is 9.96. The van der Waals surface area contributed by atoms with Crippen LogP contribution in [0.5, 0.6) is 0 Å². The third-order valence-corrected chi connectivity index (χ3v) is 2.56. The van der Waals surface area contributed by atoms with Gasteiger partial charge >= 0.3 is 5.97 Å². The Bertz CT molecular complexity index is 379. The minimum atomic E-state index is -0.119. The molecule has 1 aliphatic carbocycles. The van der Waals surface area contributed by atoms with Gasteiger partial charge in [-0.25, -0.2) is 0 Å². The van der Waals surface area contributed by atoms with Crippen LogP contribution in [0, 0.1) is 5.92 Å². The number of nitrogen functional groups attached to an aromatic ring is 1. The van der Waals surface area contributed by atoms with E-state index >= 15 is 0 Å². The second-order valence-corrected chi connectivity index (χ2v) is 3.71. The lowest BCUT2D eigenvalue weighted by Crippen LogP contribution is -2.07. The molecular formula is C11H14N2O2. The second kappa shape index (κ2) is 3.88. The normalized spacial score (nSPS) is 23.5. The van der Waals surface area contributed by atoms with Crippen molar-refractivity contribution in [1.29, 1.82) is 0 Å². The number of carbonyl (C=O) groups excluding carboxylic acids is 1. The van der Waals surface area contributed by atoms with Crippen LogP contribution in [0.25, 0.3) is 0 Å². The average molecular weight is 206 g/mol. The Morgan fingerprint density at radius 1 is 1.73 bits per heavy atom. The first-order chi connectivity index (χ1) is 7.22. The molecule has 1 saturated carbocycles. The van der Waals surface area contributed by atoms with Crippen LogP contribution in [0.3, 0.4) is 0 Å². The van der Waals surface area contributed by atoms with E-state index in [-0.39, 0.29) is 17.8 Å². The highest BCUT2D eigenvalue weighted by Crippen LogP contribution is 2.47. The summed E-state index contributed by atoms with van der Waals surface area (Å²) in [5.74, 6) is 0.0681. The van der Waals surface area contributed by atoms with Crippen molar-refractivity contribution in [2.45, 2.75) is 19.3 Å². The van der Waals surface area contributed by atoms with Gasteiger partial charge in [-0.2, -0.15) is 0 Å². The molecule has 2 N–H and O–H groups in total. The molecule has 1 heterocycles. The van der Waals surface area contributed by atoms with Gasteiger partial charge in [0.15, 0.2) is 0 Å². The molecule has 0 spiro atoms. The minimum absolute atomic E-state index is 0.0146. The molecule has 0 aliphatic heterocycles. The number of pyridine rings is 1. The van der Waals surface area contributed by atoms with Crippen LogP contribution in [-0.2, 0) is 9.53 Å². The Balaban J connectivity index is 2.01. The van der Waals surface area contributed by atoms with E-state index in [1.54, 1.807) is 12.3 Å². The van der Waals surface area contributed by atoms with E-state index in [1.165, 1.54) is 0 Å². The standard InChI is InChI=1S/C11H14N2O2/c1-2-15-11(14)9-6-8(9)10-5-7(12)3-4-13-10/h3-5,8-9H,2,6H2,1H3,(H2,12,13)/t8-,9-/m0/s1.